The van der Waals surface area contributed by atoms with E-state index in [-0.39, 0.29) is 47.7 Å². The predicted molar refractivity (Wildman–Crippen MR) is 226 cm³/mol. The maximum atomic E-state index is 13.8. The highest BCUT2D eigenvalue weighted by atomic mass is 16.5. The molecule has 2 saturated heterocycles. The van der Waals surface area contributed by atoms with Gasteiger partial charge in [0.25, 0.3) is 0 Å². The number of H-pyrrole nitrogens is 1. The fourth-order valence-corrected chi connectivity index (χ4v) is 8.42. The van der Waals surface area contributed by atoms with Crippen LogP contribution in [0.15, 0.2) is 65.9 Å². The Balaban J connectivity index is 0.972. The van der Waals surface area contributed by atoms with Gasteiger partial charge in [0.05, 0.1) is 51.2 Å². The van der Waals surface area contributed by atoms with Crippen molar-refractivity contribution >= 4 is 35.3 Å². The van der Waals surface area contributed by atoms with Crippen molar-refractivity contribution in [2.45, 2.75) is 90.0 Å². The fraction of sp³-hybridized carbons (Fsp3) is 0.457. The summed E-state index contributed by atoms with van der Waals surface area (Å²) in [5.74, 6) is 6.46. The summed E-state index contributed by atoms with van der Waals surface area (Å²) >= 11 is 0. The van der Waals surface area contributed by atoms with E-state index in [2.05, 4.69) is 49.4 Å². The minimum Gasteiger partial charge on any atom is -0.453 e. The first kappa shape index (κ1) is 41.7. The number of aliphatic imine (C=N–C) groups is 1. The molecule has 4 amide bonds. The first-order valence-corrected chi connectivity index (χ1v) is 20.5. The number of hydrogen-bond donors (Lipinski definition) is 3. The molecule has 3 aliphatic heterocycles. The van der Waals surface area contributed by atoms with Crippen molar-refractivity contribution in [3.05, 3.63) is 94.9 Å². The minimum absolute atomic E-state index is 0.0846. The van der Waals surface area contributed by atoms with Crippen molar-refractivity contribution in [2.24, 2.45) is 22.2 Å². The number of methoxy groups -OCH3 is 2. The highest BCUT2D eigenvalue weighted by molar-refractivity contribution is 6.04. The molecule has 1 aliphatic carbocycles. The number of nitrogens with zero attached hydrogens (tertiary/aromatic N) is 5. The number of imidazole rings is 1. The van der Waals surface area contributed by atoms with Gasteiger partial charge in [0, 0.05) is 36.0 Å². The zero-order chi connectivity index (χ0) is 42.7. The van der Waals surface area contributed by atoms with E-state index < -0.39 is 30.3 Å². The molecule has 4 heterocycles. The highest BCUT2D eigenvalue weighted by Gasteiger charge is 2.55. The number of allylic oxidation sites excluding steroid dienone is 1. The number of carbonyl (C=O) groups excluding carboxylic acids is 4. The molecule has 14 nitrogen and oxygen atoms in total. The van der Waals surface area contributed by atoms with Gasteiger partial charge in [0.2, 0.25) is 17.9 Å². The van der Waals surface area contributed by atoms with E-state index in [1.807, 2.05) is 75.2 Å². The third-order valence-electron chi connectivity index (χ3n) is 12.1. The average Bonchev–Trinajstić information content (AvgIpc) is 3.75. The maximum Gasteiger partial charge on any atom is 0.407 e. The maximum absolute atomic E-state index is 13.8. The lowest BCUT2D eigenvalue weighted by molar-refractivity contribution is -0.135. The number of aromatic amines is 1. The van der Waals surface area contributed by atoms with Crippen LogP contribution in [0.5, 0.6) is 0 Å². The van der Waals surface area contributed by atoms with Gasteiger partial charge in [0.15, 0.2) is 0 Å². The number of aromatic nitrogens is 2. The Morgan fingerprint density at radius 3 is 1.95 bits per heavy atom. The zero-order valence-corrected chi connectivity index (χ0v) is 35.0. The van der Waals surface area contributed by atoms with Crippen molar-refractivity contribution in [2.75, 3.05) is 27.3 Å². The topological polar surface area (TPSA) is 163 Å². The molecule has 3 N–H and O–H groups in total. The van der Waals surface area contributed by atoms with Crippen molar-refractivity contribution < 1.29 is 28.7 Å². The highest BCUT2D eigenvalue weighted by Crippen LogP contribution is 2.55. The SMILES string of the molecule is [C-]#[N+][C@H]1C[C@@H](c2ncc(-c3ccc(C#Cc4ccc(C5=CN=C([C@@H]6CC7(CC7)CN6C(=O)[C@@H](NC(=O)OC)C(C)C)C5)cc4)cc3)[nH]2)N(C(=O)[C@@H](NC(=O)OC)C(C)C)C1. The van der Waals surface area contributed by atoms with Crippen LogP contribution in [0, 0.1) is 35.7 Å². The number of ether oxygens (including phenoxy) is 2. The summed E-state index contributed by atoms with van der Waals surface area (Å²) < 4.78 is 9.55. The molecular formula is C46H52N8O6. The van der Waals surface area contributed by atoms with Crippen LogP contribution in [0.4, 0.5) is 9.59 Å². The second kappa shape index (κ2) is 17.4. The van der Waals surface area contributed by atoms with E-state index in [0.717, 1.165) is 58.5 Å². The Labute approximate surface area is 351 Å². The molecule has 3 aromatic rings. The van der Waals surface area contributed by atoms with Crippen LogP contribution in [0.25, 0.3) is 21.7 Å². The monoisotopic (exact) mass is 812 g/mol. The standard InChI is InChI=1S/C46H52N8O6/c1-27(2)39(51-44(57)59-6)42(55)53-25-34(47-5)21-37(53)41-49-24-36(50-41)32-16-12-30(13-17-32)9-8-29-10-14-31(15-11-29)33-20-35(48-23-33)38-22-46(18-19-46)26-54(38)43(56)40(28(3)4)52-45(58)60-7/h10-17,23-24,27-28,34,37-40H,18-22,25-26H2,1-4,6-7H3,(H,49,50)(H,51,57)(H,52,58)/t34-,37-,38-,39-,40-/m0/s1. The van der Waals surface area contributed by atoms with Crippen LogP contribution in [-0.2, 0) is 19.1 Å². The van der Waals surface area contributed by atoms with Gasteiger partial charge < -0.3 is 39.7 Å². The van der Waals surface area contributed by atoms with Crippen molar-refractivity contribution in [1.82, 2.24) is 30.4 Å². The summed E-state index contributed by atoms with van der Waals surface area (Å²) in [6, 6.07) is 13.6. The van der Waals surface area contributed by atoms with Gasteiger partial charge in [-0.2, -0.15) is 0 Å². The summed E-state index contributed by atoms with van der Waals surface area (Å²) in [5, 5.41) is 5.40. The van der Waals surface area contributed by atoms with Gasteiger partial charge in [-0.1, -0.05) is 63.8 Å². The van der Waals surface area contributed by atoms with Gasteiger partial charge in [0.1, 0.15) is 17.9 Å². The number of carbonyl (C=O) groups is 4. The van der Waals surface area contributed by atoms with Crippen LogP contribution >= 0.6 is 0 Å². The Morgan fingerprint density at radius 2 is 1.42 bits per heavy atom. The van der Waals surface area contributed by atoms with Gasteiger partial charge in [-0.25, -0.2) is 21.1 Å². The van der Waals surface area contributed by atoms with E-state index in [0.29, 0.717) is 25.2 Å². The van der Waals surface area contributed by atoms with E-state index in [1.54, 1.807) is 11.1 Å². The smallest absolute Gasteiger partial charge is 0.407 e. The molecule has 3 fully saturated rings. The van der Waals surface area contributed by atoms with Crippen molar-refractivity contribution in [3.63, 3.8) is 0 Å². The van der Waals surface area contributed by atoms with Crippen molar-refractivity contribution in [3.8, 4) is 23.1 Å². The number of hydrogen-bond acceptors (Lipinski definition) is 8. The molecule has 60 heavy (non-hydrogen) atoms. The molecule has 0 unspecified atom stereocenters. The fourth-order valence-electron chi connectivity index (χ4n) is 8.42. The molecule has 7 rings (SSSR count). The molecule has 1 saturated carbocycles. The molecule has 312 valence electrons. The zero-order valence-electron chi connectivity index (χ0n) is 35.0. The van der Waals surface area contributed by atoms with Gasteiger partial charge >= 0.3 is 12.2 Å². The van der Waals surface area contributed by atoms with Gasteiger partial charge in [-0.05, 0) is 77.5 Å². The van der Waals surface area contributed by atoms with E-state index in [1.165, 1.54) is 14.2 Å². The van der Waals surface area contributed by atoms with Gasteiger partial charge in [-0.15, -0.1) is 0 Å². The second-order valence-electron chi connectivity index (χ2n) is 17.0. The normalized spacial score (nSPS) is 21.1. The number of rotatable bonds is 10. The third kappa shape index (κ3) is 8.93. The minimum atomic E-state index is -0.801. The lowest BCUT2D eigenvalue weighted by Gasteiger charge is -2.31. The van der Waals surface area contributed by atoms with E-state index >= 15 is 0 Å². The second-order valence-corrected chi connectivity index (χ2v) is 17.0. The number of benzene rings is 2. The molecule has 1 spiro atoms. The van der Waals surface area contributed by atoms with Crippen molar-refractivity contribution in [1.29, 1.82) is 0 Å². The van der Waals surface area contributed by atoms with Crippen LogP contribution in [0.1, 0.15) is 88.4 Å². The van der Waals surface area contributed by atoms with Crippen LogP contribution in [0.3, 0.4) is 0 Å². The van der Waals surface area contributed by atoms with Crippen LogP contribution in [-0.4, -0.2) is 101 Å². The molecule has 0 radical (unpaired) electrons. The largest absolute Gasteiger partial charge is 0.453 e. The quantitative estimate of drug-likeness (QED) is 0.158. The summed E-state index contributed by atoms with van der Waals surface area (Å²) in [5.41, 5.74) is 6.66. The Morgan fingerprint density at radius 1 is 0.850 bits per heavy atom. The number of nitrogens with one attached hydrogen (secondary N) is 3. The number of likely N-dealkylation sites (tertiary alicyclic amines) is 2. The molecule has 1 aromatic heterocycles. The Hall–Kier alpha value is -6.41. The first-order chi connectivity index (χ1) is 28.8. The molecular weight excluding hydrogens is 761 g/mol. The molecule has 14 heteroatoms. The summed E-state index contributed by atoms with van der Waals surface area (Å²) in [4.78, 5) is 71.7. The molecule has 5 atom stereocenters. The number of alkyl carbamates (subject to hydrolysis) is 2. The molecule has 0 bridgehead atoms. The lowest BCUT2D eigenvalue weighted by Crippen LogP contribution is -2.53. The van der Waals surface area contributed by atoms with E-state index in [9.17, 15) is 19.2 Å². The Kier molecular flexibility index (Phi) is 12.1. The summed E-state index contributed by atoms with van der Waals surface area (Å²) in [7, 11) is 2.56. The van der Waals surface area contributed by atoms with Crippen LogP contribution < -0.4 is 10.6 Å². The third-order valence-corrected chi connectivity index (χ3v) is 12.1. The molecule has 4 aliphatic rings. The summed E-state index contributed by atoms with van der Waals surface area (Å²) in [6.07, 6.45) is 6.54. The van der Waals surface area contributed by atoms with Gasteiger partial charge in [-0.3, -0.25) is 14.6 Å². The Bertz CT molecular complexity index is 2290. The first-order valence-electron chi connectivity index (χ1n) is 20.5. The average molecular weight is 813 g/mol. The number of amides is 4. The molecule has 2 aromatic carbocycles. The van der Waals surface area contributed by atoms with E-state index in [4.69, 9.17) is 21.0 Å². The summed E-state index contributed by atoms with van der Waals surface area (Å²) in [6.45, 7) is 16.1. The lowest BCUT2D eigenvalue weighted by atomic mass is 9.95. The van der Waals surface area contributed by atoms with Crippen LogP contribution in [0.2, 0.25) is 0 Å². The predicted octanol–water partition coefficient (Wildman–Crippen LogP) is 6.37.